The standard InChI is InChI=1S/C16H19N3O4/c1-11(8-14(20)21)9-17-16(22)15-13(23-2)10-19(18-15)12-6-4-3-5-7-12/h3-7,10-11H,8-9H2,1-2H3,(H,17,22)(H,20,21). The summed E-state index contributed by atoms with van der Waals surface area (Å²) in [6.07, 6.45) is 1.63. The number of methoxy groups -OCH3 is 1. The third-order valence-corrected chi connectivity index (χ3v) is 3.27. The lowest BCUT2D eigenvalue weighted by molar-refractivity contribution is -0.137. The molecule has 0 saturated carbocycles. The van der Waals surface area contributed by atoms with Crippen LogP contribution in [0, 0.1) is 5.92 Å². The van der Waals surface area contributed by atoms with Gasteiger partial charge >= 0.3 is 5.97 Å². The van der Waals surface area contributed by atoms with Gasteiger partial charge in [0.05, 0.1) is 19.0 Å². The van der Waals surface area contributed by atoms with Crippen LogP contribution in [0.5, 0.6) is 5.75 Å². The van der Waals surface area contributed by atoms with E-state index in [1.165, 1.54) is 7.11 Å². The van der Waals surface area contributed by atoms with Crippen LogP contribution in [0.1, 0.15) is 23.8 Å². The zero-order valence-electron chi connectivity index (χ0n) is 13.0. The van der Waals surface area contributed by atoms with Gasteiger partial charge in [0.1, 0.15) is 0 Å². The molecule has 2 aromatic rings. The maximum Gasteiger partial charge on any atom is 0.303 e. The number of carbonyl (C=O) groups is 2. The smallest absolute Gasteiger partial charge is 0.303 e. The number of aliphatic carboxylic acids is 1. The molecular formula is C16H19N3O4. The number of carboxylic acids is 1. The Morgan fingerprint density at radius 1 is 1.35 bits per heavy atom. The number of hydrogen-bond acceptors (Lipinski definition) is 4. The number of amides is 1. The topological polar surface area (TPSA) is 93.5 Å². The first-order chi connectivity index (χ1) is 11.0. The first-order valence-corrected chi connectivity index (χ1v) is 7.20. The molecule has 1 heterocycles. The average Bonchev–Trinajstić information content (AvgIpc) is 2.97. The highest BCUT2D eigenvalue weighted by atomic mass is 16.5. The van der Waals surface area contributed by atoms with Crippen molar-refractivity contribution >= 4 is 11.9 Å². The van der Waals surface area contributed by atoms with Crippen LogP contribution < -0.4 is 10.1 Å². The molecule has 2 N–H and O–H groups in total. The van der Waals surface area contributed by atoms with Crippen molar-refractivity contribution in [3.8, 4) is 11.4 Å². The minimum absolute atomic E-state index is 0.00410. The Morgan fingerprint density at radius 3 is 2.65 bits per heavy atom. The van der Waals surface area contributed by atoms with Crippen molar-refractivity contribution < 1.29 is 19.4 Å². The van der Waals surface area contributed by atoms with Crippen LogP contribution in [0.4, 0.5) is 0 Å². The summed E-state index contributed by atoms with van der Waals surface area (Å²) in [4.78, 5) is 22.9. The van der Waals surface area contributed by atoms with E-state index in [1.807, 2.05) is 30.3 Å². The van der Waals surface area contributed by atoms with Crippen molar-refractivity contribution in [2.75, 3.05) is 13.7 Å². The number of benzene rings is 1. The van der Waals surface area contributed by atoms with Crippen molar-refractivity contribution in [2.45, 2.75) is 13.3 Å². The van der Waals surface area contributed by atoms with Crippen LogP contribution in [0.15, 0.2) is 36.5 Å². The predicted octanol–water partition coefficient (Wildman–Crippen LogP) is 1.72. The van der Waals surface area contributed by atoms with E-state index in [2.05, 4.69) is 10.4 Å². The Kier molecular flexibility index (Phi) is 5.35. The second-order valence-electron chi connectivity index (χ2n) is 5.24. The first kappa shape index (κ1) is 16.5. The molecule has 0 radical (unpaired) electrons. The molecular weight excluding hydrogens is 298 g/mol. The van der Waals surface area contributed by atoms with Crippen molar-refractivity contribution in [3.63, 3.8) is 0 Å². The molecule has 0 spiro atoms. The average molecular weight is 317 g/mol. The summed E-state index contributed by atoms with van der Waals surface area (Å²) in [5, 5.41) is 15.7. The summed E-state index contributed by atoms with van der Waals surface area (Å²) in [5.41, 5.74) is 0.975. The van der Waals surface area contributed by atoms with Crippen molar-refractivity contribution in [1.82, 2.24) is 15.1 Å². The summed E-state index contributed by atoms with van der Waals surface area (Å²) >= 11 is 0. The normalized spacial score (nSPS) is 11.7. The molecule has 7 nitrogen and oxygen atoms in total. The highest BCUT2D eigenvalue weighted by Gasteiger charge is 2.19. The van der Waals surface area contributed by atoms with Crippen LogP contribution in [-0.4, -0.2) is 40.4 Å². The van der Waals surface area contributed by atoms with E-state index >= 15 is 0 Å². The minimum Gasteiger partial charge on any atom is -0.493 e. The van der Waals surface area contributed by atoms with Gasteiger partial charge in [-0.05, 0) is 18.1 Å². The molecule has 0 aliphatic heterocycles. The fraction of sp³-hybridized carbons (Fsp3) is 0.312. The van der Waals surface area contributed by atoms with E-state index in [-0.39, 0.29) is 24.6 Å². The Balaban J connectivity index is 2.11. The number of nitrogens with one attached hydrogen (secondary N) is 1. The maximum absolute atomic E-state index is 12.2. The fourth-order valence-electron chi connectivity index (χ4n) is 2.10. The molecule has 122 valence electrons. The molecule has 0 saturated heterocycles. The summed E-state index contributed by atoms with van der Waals surface area (Å²) < 4.78 is 6.77. The van der Waals surface area contributed by atoms with E-state index in [0.717, 1.165) is 5.69 Å². The monoisotopic (exact) mass is 317 g/mol. The molecule has 1 amide bonds. The molecule has 0 aliphatic rings. The van der Waals surface area contributed by atoms with E-state index < -0.39 is 11.9 Å². The summed E-state index contributed by atoms with van der Waals surface area (Å²) in [7, 11) is 1.47. The van der Waals surface area contributed by atoms with Gasteiger partial charge in [-0.3, -0.25) is 9.59 Å². The summed E-state index contributed by atoms with van der Waals surface area (Å²) in [5.74, 6) is -1.10. The molecule has 0 bridgehead atoms. The maximum atomic E-state index is 12.2. The van der Waals surface area contributed by atoms with Crippen LogP contribution in [0.3, 0.4) is 0 Å². The van der Waals surface area contributed by atoms with Gasteiger partial charge in [0.2, 0.25) is 0 Å². The third-order valence-electron chi connectivity index (χ3n) is 3.27. The number of carboxylic acid groups (broad SMARTS) is 1. The van der Waals surface area contributed by atoms with Crippen molar-refractivity contribution in [3.05, 3.63) is 42.2 Å². The van der Waals surface area contributed by atoms with Gasteiger partial charge in [0, 0.05) is 13.0 Å². The van der Waals surface area contributed by atoms with Crippen LogP contribution >= 0.6 is 0 Å². The Bertz CT molecular complexity index is 682. The molecule has 1 aromatic carbocycles. The van der Waals surface area contributed by atoms with E-state index in [1.54, 1.807) is 17.8 Å². The number of rotatable bonds is 7. The second kappa shape index (κ2) is 7.44. The van der Waals surface area contributed by atoms with Gasteiger partial charge in [0.25, 0.3) is 5.91 Å². The Labute approximate surface area is 133 Å². The minimum atomic E-state index is -0.891. The predicted molar refractivity (Wildman–Crippen MR) is 83.9 cm³/mol. The van der Waals surface area contributed by atoms with Gasteiger partial charge in [-0.15, -0.1) is 0 Å². The summed E-state index contributed by atoms with van der Waals surface area (Å²) in [6.45, 7) is 2.01. The Hall–Kier alpha value is -2.83. The second-order valence-corrected chi connectivity index (χ2v) is 5.24. The fourth-order valence-corrected chi connectivity index (χ4v) is 2.10. The Morgan fingerprint density at radius 2 is 2.04 bits per heavy atom. The van der Waals surface area contributed by atoms with Gasteiger partial charge in [-0.25, -0.2) is 4.68 Å². The number of hydrogen-bond donors (Lipinski definition) is 2. The molecule has 2 rings (SSSR count). The van der Waals surface area contributed by atoms with Crippen LogP contribution in [0.25, 0.3) is 5.69 Å². The number of para-hydroxylation sites is 1. The quantitative estimate of drug-likeness (QED) is 0.811. The zero-order chi connectivity index (χ0) is 16.8. The van der Waals surface area contributed by atoms with Gasteiger partial charge < -0.3 is 15.2 Å². The highest BCUT2D eigenvalue weighted by Crippen LogP contribution is 2.19. The molecule has 1 atom stereocenters. The lowest BCUT2D eigenvalue weighted by atomic mass is 10.1. The molecule has 0 aliphatic carbocycles. The third kappa shape index (κ3) is 4.32. The largest absolute Gasteiger partial charge is 0.493 e. The summed E-state index contributed by atoms with van der Waals surface area (Å²) in [6, 6.07) is 9.36. The molecule has 7 heteroatoms. The number of ether oxygens (including phenoxy) is 1. The van der Waals surface area contributed by atoms with E-state index in [4.69, 9.17) is 9.84 Å². The van der Waals surface area contributed by atoms with E-state index in [9.17, 15) is 9.59 Å². The zero-order valence-corrected chi connectivity index (χ0v) is 13.0. The number of nitrogens with zero attached hydrogens (tertiary/aromatic N) is 2. The molecule has 0 fully saturated rings. The van der Waals surface area contributed by atoms with Gasteiger partial charge in [-0.1, -0.05) is 25.1 Å². The number of aromatic nitrogens is 2. The van der Waals surface area contributed by atoms with Crippen LogP contribution in [-0.2, 0) is 4.79 Å². The lowest BCUT2D eigenvalue weighted by Crippen LogP contribution is -2.29. The SMILES string of the molecule is COc1cn(-c2ccccc2)nc1C(=O)NCC(C)CC(=O)O. The van der Waals surface area contributed by atoms with Crippen molar-refractivity contribution in [2.24, 2.45) is 5.92 Å². The lowest BCUT2D eigenvalue weighted by Gasteiger charge is -2.09. The number of carbonyl (C=O) groups excluding carboxylic acids is 1. The first-order valence-electron chi connectivity index (χ1n) is 7.20. The molecule has 1 unspecified atom stereocenters. The van der Waals surface area contributed by atoms with Crippen molar-refractivity contribution in [1.29, 1.82) is 0 Å². The van der Waals surface area contributed by atoms with Crippen LogP contribution in [0.2, 0.25) is 0 Å². The molecule has 23 heavy (non-hydrogen) atoms. The van der Waals surface area contributed by atoms with E-state index in [0.29, 0.717) is 5.75 Å². The van der Waals surface area contributed by atoms with Gasteiger partial charge in [0.15, 0.2) is 11.4 Å². The van der Waals surface area contributed by atoms with Gasteiger partial charge in [-0.2, -0.15) is 5.10 Å². The molecule has 1 aromatic heterocycles. The highest BCUT2D eigenvalue weighted by molar-refractivity contribution is 5.95.